The number of carbonyl (C=O) groups excluding carboxylic acids is 2. The molecule has 1 N–H and O–H groups in total. The Kier molecular flexibility index (Phi) is 5.69. The molecule has 0 bridgehead atoms. The van der Waals surface area contributed by atoms with Crippen molar-refractivity contribution < 1.29 is 36.3 Å². The molecule has 2 aromatic heterocycles. The van der Waals surface area contributed by atoms with E-state index in [1.807, 2.05) is 0 Å². The van der Waals surface area contributed by atoms with Gasteiger partial charge < -0.3 is 10.1 Å². The Bertz CT molecular complexity index is 1400. The van der Waals surface area contributed by atoms with E-state index < -0.39 is 41.1 Å². The van der Waals surface area contributed by atoms with Crippen molar-refractivity contribution in [2.24, 2.45) is 0 Å². The van der Waals surface area contributed by atoms with Crippen LogP contribution in [0.5, 0.6) is 0 Å². The normalized spacial score (nSPS) is 11.5. The molecule has 0 saturated heterocycles. The second-order valence-corrected chi connectivity index (χ2v) is 6.77. The Balaban J connectivity index is 1.72. The maximum atomic E-state index is 13.8. The molecule has 0 saturated carbocycles. The minimum atomic E-state index is -4.89. The quantitative estimate of drug-likeness (QED) is 0.350. The molecule has 0 aliphatic heterocycles. The molecular formula is C21H12F5N5O3. The molecule has 0 radical (unpaired) electrons. The van der Waals surface area contributed by atoms with Crippen molar-refractivity contribution in [1.82, 2.24) is 19.5 Å². The molecule has 174 valence electrons. The van der Waals surface area contributed by atoms with Crippen molar-refractivity contribution in [2.45, 2.75) is 6.18 Å². The molecule has 0 aliphatic rings. The number of hydrogen-bond acceptors (Lipinski definition) is 6. The van der Waals surface area contributed by atoms with Gasteiger partial charge in [-0.2, -0.15) is 13.2 Å². The lowest BCUT2D eigenvalue weighted by atomic mass is 10.2. The van der Waals surface area contributed by atoms with Crippen LogP contribution in [0.4, 0.5) is 27.8 Å². The lowest BCUT2D eigenvalue weighted by molar-refractivity contribution is -0.145. The predicted molar refractivity (Wildman–Crippen MR) is 107 cm³/mol. The third kappa shape index (κ3) is 4.14. The number of halogens is 5. The van der Waals surface area contributed by atoms with E-state index >= 15 is 0 Å². The largest absolute Gasteiger partial charge is 0.465 e. The Labute approximate surface area is 187 Å². The Morgan fingerprint density at radius 1 is 1.03 bits per heavy atom. The Hall–Kier alpha value is -4.42. The van der Waals surface area contributed by atoms with Gasteiger partial charge in [-0.1, -0.05) is 6.07 Å². The zero-order valence-electron chi connectivity index (χ0n) is 17.0. The first kappa shape index (κ1) is 22.8. The number of benzene rings is 2. The van der Waals surface area contributed by atoms with Gasteiger partial charge in [-0.05, 0) is 30.3 Å². The van der Waals surface area contributed by atoms with E-state index in [1.165, 1.54) is 12.1 Å². The highest BCUT2D eigenvalue weighted by atomic mass is 19.4. The van der Waals surface area contributed by atoms with Crippen molar-refractivity contribution in [2.75, 3.05) is 12.4 Å². The number of methoxy groups -OCH3 is 1. The number of nitrogens with zero attached hydrogens (tertiary/aromatic N) is 4. The van der Waals surface area contributed by atoms with E-state index in [0.29, 0.717) is 4.57 Å². The molecule has 0 atom stereocenters. The van der Waals surface area contributed by atoms with E-state index in [0.717, 1.165) is 43.8 Å². The molecule has 2 aromatic carbocycles. The number of alkyl halides is 3. The van der Waals surface area contributed by atoms with Crippen molar-refractivity contribution in [3.05, 3.63) is 77.4 Å². The average molecular weight is 477 g/mol. The van der Waals surface area contributed by atoms with Gasteiger partial charge in [0.1, 0.15) is 17.2 Å². The third-order valence-corrected chi connectivity index (χ3v) is 4.63. The van der Waals surface area contributed by atoms with E-state index in [-0.39, 0.29) is 28.2 Å². The summed E-state index contributed by atoms with van der Waals surface area (Å²) in [7, 11) is 1.13. The fraction of sp³-hybridized carbons (Fsp3) is 0.0952. The first-order chi connectivity index (χ1) is 16.1. The zero-order valence-corrected chi connectivity index (χ0v) is 17.0. The van der Waals surface area contributed by atoms with Crippen LogP contribution in [0.2, 0.25) is 0 Å². The van der Waals surface area contributed by atoms with E-state index in [1.54, 1.807) is 0 Å². The molecule has 34 heavy (non-hydrogen) atoms. The van der Waals surface area contributed by atoms with Crippen molar-refractivity contribution in [3.63, 3.8) is 0 Å². The lowest BCUT2D eigenvalue weighted by Crippen LogP contribution is -2.18. The maximum absolute atomic E-state index is 13.8. The van der Waals surface area contributed by atoms with Crippen LogP contribution in [-0.2, 0) is 10.9 Å². The summed E-state index contributed by atoms with van der Waals surface area (Å²) >= 11 is 0. The molecule has 0 unspecified atom stereocenters. The van der Waals surface area contributed by atoms with Gasteiger partial charge in [-0.25, -0.2) is 28.5 Å². The summed E-state index contributed by atoms with van der Waals surface area (Å²) in [5, 5.41) is 2.13. The fourth-order valence-corrected chi connectivity index (χ4v) is 3.14. The smallest absolute Gasteiger partial charge is 0.450 e. The molecule has 0 aliphatic carbocycles. The second kappa shape index (κ2) is 8.50. The number of hydrogen-bond donors (Lipinski definition) is 1. The summed E-state index contributed by atoms with van der Waals surface area (Å²) in [6.07, 6.45) is -3.06. The van der Waals surface area contributed by atoms with Gasteiger partial charge in [0.2, 0.25) is 5.82 Å². The van der Waals surface area contributed by atoms with E-state index in [2.05, 4.69) is 25.0 Å². The standard InChI is InChI=1S/C21H12F5N5O3/c1-34-19(33)10-5-6-14-13(7-10)29-20(21(24,25)26)31(14)16-9-27-15(8-28-16)30-18(32)17-11(22)3-2-4-12(17)23/h2-9H,1H3,(H,27,30,32). The Morgan fingerprint density at radius 2 is 1.74 bits per heavy atom. The third-order valence-electron chi connectivity index (χ3n) is 4.63. The summed E-state index contributed by atoms with van der Waals surface area (Å²) in [6, 6.07) is 6.50. The lowest BCUT2D eigenvalue weighted by Gasteiger charge is -2.11. The summed E-state index contributed by atoms with van der Waals surface area (Å²) in [5.74, 6) is -6.02. The molecule has 0 spiro atoms. The minimum absolute atomic E-state index is 0.00195. The molecule has 4 rings (SSSR count). The Morgan fingerprint density at radius 3 is 2.32 bits per heavy atom. The van der Waals surface area contributed by atoms with Crippen LogP contribution in [0.25, 0.3) is 16.9 Å². The highest BCUT2D eigenvalue weighted by molar-refractivity contribution is 6.04. The molecule has 8 nitrogen and oxygen atoms in total. The highest BCUT2D eigenvalue weighted by Crippen LogP contribution is 2.33. The van der Waals surface area contributed by atoms with Gasteiger partial charge in [0.15, 0.2) is 11.6 Å². The number of aromatic nitrogens is 4. The number of ether oxygens (including phenoxy) is 1. The summed E-state index contributed by atoms with van der Waals surface area (Å²) < 4.78 is 73.8. The summed E-state index contributed by atoms with van der Waals surface area (Å²) in [4.78, 5) is 35.2. The second-order valence-electron chi connectivity index (χ2n) is 6.77. The highest BCUT2D eigenvalue weighted by Gasteiger charge is 2.38. The van der Waals surface area contributed by atoms with Crippen LogP contribution < -0.4 is 5.32 Å². The van der Waals surface area contributed by atoms with Gasteiger partial charge in [0, 0.05) is 0 Å². The van der Waals surface area contributed by atoms with Gasteiger partial charge >= 0.3 is 12.1 Å². The average Bonchev–Trinajstić information content (AvgIpc) is 3.18. The number of rotatable bonds is 4. The monoisotopic (exact) mass is 477 g/mol. The minimum Gasteiger partial charge on any atom is -0.465 e. The van der Waals surface area contributed by atoms with Crippen LogP contribution in [-0.4, -0.2) is 38.5 Å². The van der Waals surface area contributed by atoms with Crippen molar-refractivity contribution in [3.8, 4) is 5.82 Å². The first-order valence-electron chi connectivity index (χ1n) is 9.36. The zero-order chi connectivity index (χ0) is 24.6. The van der Waals surface area contributed by atoms with E-state index in [4.69, 9.17) is 0 Å². The maximum Gasteiger partial charge on any atom is 0.450 e. The number of fused-ring (bicyclic) bond motifs is 1. The number of carbonyl (C=O) groups is 2. The van der Waals surface area contributed by atoms with Gasteiger partial charge in [-0.3, -0.25) is 9.36 Å². The molecule has 2 heterocycles. The number of amides is 1. The van der Waals surface area contributed by atoms with Crippen LogP contribution in [0.3, 0.4) is 0 Å². The molecule has 1 amide bonds. The number of imidazole rings is 1. The molecule has 0 fully saturated rings. The fourth-order valence-electron chi connectivity index (χ4n) is 3.14. The van der Waals surface area contributed by atoms with Crippen molar-refractivity contribution >= 4 is 28.7 Å². The summed E-state index contributed by atoms with van der Waals surface area (Å²) in [5.41, 5.74) is -1.03. The number of nitrogens with one attached hydrogen (secondary N) is 1. The molecular weight excluding hydrogens is 465 g/mol. The van der Waals surface area contributed by atoms with Gasteiger partial charge in [0.05, 0.1) is 36.1 Å². The first-order valence-corrected chi connectivity index (χ1v) is 9.36. The number of anilines is 1. The van der Waals surface area contributed by atoms with E-state index in [9.17, 15) is 31.5 Å². The molecule has 13 heteroatoms. The molecule has 4 aromatic rings. The van der Waals surface area contributed by atoms with Crippen LogP contribution >= 0.6 is 0 Å². The summed E-state index contributed by atoms with van der Waals surface area (Å²) in [6.45, 7) is 0. The predicted octanol–water partition coefficient (Wildman–Crippen LogP) is 4.15. The van der Waals surface area contributed by atoms with Crippen molar-refractivity contribution in [1.29, 1.82) is 0 Å². The van der Waals surface area contributed by atoms with Gasteiger partial charge in [0.25, 0.3) is 5.91 Å². The van der Waals surface area contributed by atoms with Crippen LogP contribution in [0, 0.1) is 11.6 Å². The van der Waals surface area contributed by atoms with Crippen LogP contribution in [0.15, 0.2) is 48.8 Å². The van der Waals surface area contributed by atoms with Gasteiger partial charge in [-0.15, -0.1) is 0 Å². The van der Waals surface area contributed by atoms with Crippen LogP contribution in [0.1, 0.15) is 26.5 Å². The SMILES string of the molecule is COC(=O)c1ccc2c(c1)nc(C(F)(F)F)n2-c1cnc(NC(=O)c2c(F)cccc2F)cn1. The number of esters is 1. The topological polar surface area (TPSA) is 99.0 Å².